The molecule has 0 fully saturated rings. The molecule has 3 nitrogen and oxygen atoms in total. The second-order valence-corrected chi connectivity index (χ2v) is 6.37. The van der Waals surface area contributed by atoms with Crippen LogP contribution in [0, 0.1) is 18.6 Å². The number of benzene rings is 1. The highest BCUT2D eigenvalue weighted by molar-refractivity contribution is 7.11. The molecular formula is C14H12ClF2N3S. The average Bonchev–Trinajstić information content (AvgIpc) is 2.97. The first-order chi connectivity index (χ1) is 10.1. The molecule has 0 atom stereocenters. The molecule has 2 heterocycles. The van der Waals surface area contributed by atoms with Crippen molar-refractivity contribution in [3.63, 3.8) is 0 Å². The lowest BCUT2D eigenvalue weighted by atomic mass is 10.3. The summed E-state index contributed by atoms with van der Waals surface area (Å²) in [5.74, 6) is -0.272. The summed E-state index contributed by atoms with van der Waals surface area (Å²) in [5, 5.41) is 0.868. The second-order valence-electron chi connectivity index (χ2n) is 4.67. The van der Waals surface area contributed by atoms with E-state index in [0.717, 1.165) is 16.0 Å². The second kappa shape index (κ2) is 5.69. The molecule has 21 heavy (non-hydrogen) atoms. The standard InChI is InChI=1S/C14H12ClF2N3S/c1-8-6-18-13(21-8)7-20-11-5-9(16)4-10(17)14(11)19-12(20)2-3-15/h4-6H,2-3,7H2,1H3. The Kier molecular flexibility index (Phi) is 3.91. The Bertz CT molecular complexity index is 797. The van der Waals surface area contributed by atoms with E-state index in [-0.39, 0.29) is 5.52 Å². The van der Waals surface area contributed by atoms with Gasteiger partial charge in [-0.05, 0) is 13.0 Å². The van der Waals surface area contributed by atoms with Crippen LogP contribution in [0.2, 0.25) is 0 Å². The van der Waals surface area contributed by atoms with E-state index < -0.39 is 11.6 Å². The van der Waals surface area contributed by atoms with Crippen LogP contribution in [0.4, 0.5) is 8.78 Å². The molecule has 2 aromatic heterocycles. The lowest BCUT2D eigenvalue weighted by Gasteiger charge is -2.06. The Balaban J connectivity index is 2.15. The van der Waals surface area contributed by atoms with Gasteiger partial charge in [-0.15, -0.1) is 22.9 Å². The molecule has 0 amide bonds. The first-order valence-electron chi connectivity index (χ1n) is 6.40. The number of aromatic nitrogens is 3. The molecule has 0 aliphatic rings. The molecule has 1 aromatic carbocycles. The quantitative estimate of drug-likeness (QED) is 0.680. The number of rotatable bonds is 4. The van der Waals surface area contributed by atoms with Gasteiger partial charge in [0.2, 0.25) is 0 Å². The first kappa shape index (κ1) is 14.4. The molecule has 0 saturated carbocycles. The number of thiazole rings is 1. The zero-order valence-corrected chi connectivity index (χ0v) is 12.8. The summed E-state index contributed by atoms with van der Waals surface area (Å²) in [4.78, 5) is 9.64. The summed E-state index contributed by atoms with van der Waals surface area (Å²) >= 11 is 7.33. The van der Waals surface area contributed by atoms with Gasteiger partial charge in [0, 0.05) is 29.4 Å². The summed E-state index contributed by atoms with van der Waals surface area (Å²) in [5.41, 5.74) is 0.602. The highest BCUT2D eigenvalue weighted by Crippen LogP contribution is 2.24. The maximum atomic E-state index is 13.9. The van der Waals surface area contributed by atoms with Crippen molar-refractivity contribution in [1.29, 1.82) is 0 Å². The Morgan fingerprint density at radius 3 is 2.81 bits per heavy atom. The van der Waals surface area contributed by atoms with Crippen molar-refractivity contribution in [2.75, 3.05) is 5.88 Å². The van der Waals surface area contributed by atoms with E-state index in [1.165, 1.54) is 6.07 Å². The highest BCUT2D eigenvalue weighted by atomic mass is 35.5. The van der Waals surface area contributed by atoms with Crippen molar-refractivity contribution in [3.8, 4) is 0 Å². The van der Waals surface area contributed by atoms with Gasteiger partial charge in [-0.2, -0.15) is 0 Å². The average molecular weight is 328 g/mol. The smallest absolute Gasteiger partial charge is 0.153 e. The number of hydrogen-bond acceptors (Lipinski definition) is 3. The van der Waals surface area contributed by atoms with Crippen LogP contribution in [0.15, 0.2) is 18.3 Å². The molecule has 0 aliphatic carbocycles. The van der Waals surface area contributed by atoms with Crippen LogP contribution >= 0.6 is 22.9 Å². The third kappa shape index (κ3) is 2.78. The predicted octanol–water partition coefficient (Wildman–Crippen LogP) is 3.91. The molecule has 0 unspecified atom stereocenters. The molecular weight excluding hydrogens is 316 g/mol. The fourth-order valence-corrected chi connectivity index (χ4v) is 3.20. The van der Waals surface area contributed by atoms with Gasteiger partial charge in [0.1, 0.15) is 22.2 Å². The van der Waals surface area contributed by atoms with Crippen molar-refractivity contribution in [3.05, 3.63) is 45.7 Å². The van der Waals surface area contributed by atoms with E-state index in [0.29, 0.717) is 30.2 Å². The Morgan fingerprint density at radius 2 is 2.14 bits per heavy atom. The third-order valence-electron chi connectivity index (χ3n) is 3.13. The van der Waals surface area contributed by atoms with E-state index in [9.17, 15) is 8.78 Å². The van der Waals surface area contributed by atoms with Crippen molar-refractivity contribution in [1.82, 2.24) is 14.5 Å². The SMILES string of the molecule is Cc1cnc(Cn2c(CCCl)nc3c(F)cc(F)cc32)s1. The summed E-state index contributed by atoms with van der Waals surface area (Å²) in [6.45, 7) is 2.40. The van der Waals surface area contributed by atoms with E-state index in [1.807, 2.05) is 6.92 Å². The van der Waals surface area contributed by atoms with Gasteiger partial charge in [0.25, 0.3) is 0 Å². The van der Waals surface area contributed by atoms with E-state index >= 15 is 0 Å². The molecule has 0 bridgehead atoms. The molecule has 7 heteroatoms. The number of halogens is 3. The fourth-order valence-electron chi connectivity index (χ4n) is 2.26. The topological polar surface area (TPSA) is 30.7 Å². The fraction of sp³-hybridized carbons (Fsp3) is 0.286. The highest BCUT2D eigenvalue weighted by Gasteiger charge is 2.16. The van der Waals surface area contributed by atoms with Crippen molar-refractivity contribution in [2.24, 2.45) is 0 Å². The lowest BCUT2D eigenvalue weighted by Crippen LogP contribution is -2.05. The van der Waals surface area contributed by atoms with E-state index in [2.05, 4.69) is 9.97 Å². The van der Waals surface area contributed by atoms with Crippen molar-refractivity contribution < 1.29 is 8.78 Å². The summed E-state index contributed by atoms with van der Waals surface area (Å²) in [6.07, 6.45) is 2.27. The number of alkyl halides is 1. The number of aryl methyl sites for hydroxylation is 2. The Morgan fingerprint density at radius 1 is 1.33 bits per heavy atom. The summed E-state index contributed by atoms with van der Waals surface area (Å²) < 4.78 is 29.1. The zero-order chi connectivity index (χ0) is 15.0. The number of nitrogens with zero attached hydrogens (tertiary/aromatic N) is 3. The van der Waals surface area contributed by atoms with E-state index in [4.69, 9.17) is 11.6 Å². The number of hydrogen-bond donors (Lipinski definition) is 0. The largest absolute Gasteiger partial charge is 0.321 e. The van der Waals surface area contributed by atoms with Gasteiger partial charge in [0.15, 0.2) is 5.82 Å². The molecule has 0 saturated heterocycles. The van der Waals surface area contributed by atoms with Crippen LogP contribution in [0.1, 0.15) is 15.7 Å². The van der Waals surface area contributed by atoms with E-state index in [1.54, 1.807) is 22.1 Å². The van der Waals surface area contributed by atoms with Crippen LogP contribution in [-0.2, 0) is 13.0 Å². The molecule has 3 aromatic rings. The third-order valence-corrected chi connectivity index (χ3v) is 4.22. The van der Waals surface area contributed by atoms with Crippen LogP contribution in [0.3, 0.4) is 0 Å². The monoisotopic (exact) mass is 327 g/mol. The van der Waals surface area contributed by atoms with Crippen LogP contribution < -0.4 is 0 Å². The molecule has 0 N–H and O–H groups in total. The lowest BCUT2D eigenvalue weighted by molar-refractivity contribution is 0.590. The summed E-state index contributed by atoms with van der Waals surface area (Å²) in [6, 6.07) is 2.14. The maximum absolute atomic E-state index is 13.9. The van der Waals surface area contributed by atoms with Gasteiger partial charge >= 0.3 is 0 Å². The predicted molar refractivity (Wildman–Crippen MR) is 80.0 cm³/mol. The number of fused-ring (bicyclic) bond motifs is 1. The summed E-state index contributed by atoms with van der Waals surface area (Å²) in [7, 11) is 0. The number of imidazole rings is 1. The van der Waals surface area contributed by atoms with Gasteiger partial charge in [-0.25, -0.2) is 18.7 Å². The molecule has 0 spiro atoms. The molecule has 110 valence electrons. The van der Waals surface area contributed by atoms with Crippen LogP contribution in [0.5, 0.6) is 0 Å². The normalized spacial score (nSPS) is 11.4. The Hall–Kier alpha value is -1.53. The minimum Gasteiger partial charge on any atom is -0.321 e. The zero-order valence-electron chi connectivity index (χ0n) is 11.2. The van der Waals surface area contributed by atoms with Crippen molar-refractivity contribution in [2.45, 2.75) is 19.9 Å². The van der Waals surface area contributed by atoms with Crippen molar-refractivity contribution >= 4 is 34.0 Å². The first-order valence-corrected chi connectivity index (χ1v) is 7.75. The van der Waals surface area contributed by atoms with Gasteiger partial charge in [0.05, 0.1) is 12.1 Å². The molecule has 0 aliphatic heterocycles. The van der Waals surface area contributed by atoms with Gasteiger partial charge < -0.3 is 4.57 Å². The van der Waals surface area contributed by atoms with Gasteiger partial charge in [-0.1, -0.05) is 0 Å². The van der Waals surface area contributed by atoms with Crippen LogP contribution in [0.25, 0.3) is 11.0 Å². The minimum atomic E-state index is -0.658. The Labute approximate surface area is 129 Å². The van der Waals surface area contributed by atoms with Gasteiger partial charge in [-0.3, -0.25) is 0 Å². The maximum Gasteiger partial charge on any atom is 0.153 e. The minimum absolute atomic E-state index is 0.171. The molecule has 3 rings (SSSR count). The van der Waals surface area contributed by atoms with Crippen LogP contribution in [-0.4, -0.2) is 20.4 Å². The molecule has 0 radical (unpaired) electrons.